The molecule has 0 aliphatic carbocycles. The first-order valence-electron chi connectivity index (χ1n) is 5.54. The number of carbonyl (C=O) groups is 1. The van der Waals surface area contributed by atoms with E-state index in [1.54, 1.807) is 19.9 Å². The van der Waals surface area contributed by atoms with Crippen molar-refractivity contribution < 1.29 is 9.18 Å². The number of benzene rings is 1. The van der Waals surface area contributed by atoms with Gasteiger partial charge in [0.05, 0.1) is 16.9 Å². The highest BCUT2D eigenvalue weighted by atomic mass is 79.9. The van der Waals surface area contributed by atoms with Crippen molar-refractivity contribution in [2.75, 3.05) is 5.32 Å². The molecular weight excluding hydrogens is 313 g/mol. The minimum Gasteiger partial charge on any atom is -0.319 e. The van der Waals surface area contributed by atoms with Gasteiger partial charge in [-0.1, -0.05) is 15.9 Å². The third-order valence-corrected chi connectivity index (χ3v) is 3.02. The Morgan fingerprint density at radius 3 is 2.74 bits per heavy atom. The Bertz CT molecular complexity index is 646. The largest absolute Gasteiger partial charge is 0.319 e. The normalized spacial score (nSPS) is 10.3. The molecule has 0 radical (unpaired) electrons. The zero-order valence-electron chi connectivity index (χ0n) is 10.4. The zero-order valence-corrected chi connectivity index (χ0v) is 12.0. The quantitative estimate of drug-likeness (QED) is 0.923. The van der Waals surface area contributed by atoms with Gasteiger partial charge in [-0.05, 0) is 32.0 Å². The molecule has 19 heavy (non-hydrogen) atoms. The second-order valence-electron chi connectivity index (χ2n) is 3.99. The van der Waals surface area contributed by atoms with Crippen molar-refractivity contribution in [3.05, 3.63) is 51.8 Å². The first kappa shape index (κ1) is 13.6. The number of rotatable bonds is 2. The number of aryl methyl sites for hydroxylation is 2. The summed E-state index contributed by atoms with van der Waals surface area (Å²) in [5.41, 5.74) is 1.00. The summed E-state index contributed by atoms with van der Waals surface area (Å²) >= 11 is 3.15. The van der Waals surface area contributed by atoms with Crippen LogP contribution in [-0.4, -0.2) is 15.9 Å². The van der Waals surface area contributed by atoms with Crippen LogP contribution in [0.4, 0.5) is 10.1 Å². The van der Waals surface area contributed by atoms with Crippen molar-refractivity contribution in [3.8, 4) is 0 Å². The molecule has 0 atom stereocenters. The lowest BCUT2D eigenvalue weighted by atomic mass is 10.2. The highest BCUT2D eigenvalue weighted by Gasteiger charge is 2.13. The monoisotopic (exact) mass is 323 g/mol. The molecule has 0 fully saturated rings. The van der Waals surface area contributed by atoms with Gasteiger partial charge in [0.15, 0.2) is 0 Å². The standard InChI is InChI=1S/C13H11BrFN3O/c1-7-10(6-16-8(2)17-7)13(19)18-12-4-3-9(14)5-11(12)15/h3-6H,1-2H3,(H,18,19). The van der Waals surface area contributed by atoms with Crippen molar-refractivity contribution in [2.24, 2.45) is 0 Å². The minimum atomic E-state index is -0.506. The van der Waals surface area contributed by atoms with Gasteiger partial charge in [0, 0.05) is 10.7 Å². The molecule has 1 amide bonds. The summed E-state index contributed by atoms with van der Waals surface area (Å²) in [6.07, 6.45) is 1.43. The van der Waals surface area contributed by atoms with Gasteiger partial charge in [0.2, 0.25) is 0 Å². The lowest BCUT2D eigenvalue weighted by molar-refractivity contribution is 0.102. The molecule has 2 rings (SSSR count). The third kappa shape index (κ3) is 3.14. The number of nitrogens with one attached hydrogen (secondary N) is 1. The van der Waals surface area contributed by atoms with Gasteiger partial charge in [0.1, 0.15) is 11.6 Å². The van der Waals surface area contributed by atoms with E-state index in [-0.39, 0.29) is 5.69 Å². The van der Waals surface area contributed by atoms with Crippen molar-refractivity contribution in [3.63, 3.8) is 0 Å². The van der Waals surface area contributed by atoms with Crippen molar-refractivity contribution in [1.82, 2.24) is 9.97 Å². The lowest BCUT2D eigenvalue weighted by Gasteiger charge is -2.08. The smallest absolute Gasteiger partial charge is 0.259 e. The molecule has 1 aromatic carbocycles. The number of hydrogen-bond acceptors (Lipinski definition) is 3. The predicted octanol–water partition coefficient (Wildman–Crippen LogP) is 3.25. The number of halogens is 2. The fourth-order valence-corrected chi connectivity index (χ4v) is 1.92. The molecule has 1 heterocycles. The van der Waals surface area contributed by atoms with Crippen molar-refractivity contribution in [1.29, 1.82) is 0 Å². The van der Waals surface area contributed by atoms with Crippen molar-refractivity contribution >= 4 is 27.5 Å². The molecule has 0 aliphatic rings. The van der Waals surface area contributed by atoms with Crippen molar-refractivity contribution in [2.45, 2.75) is 13.8 Å². The molecule has 0 saturated carbocycles. The van der Waals surface area contributed by atoms with Crippen LogP contribution < -0.4 is 5.32 Å². The van der Waals surface area contributed by atoms with Gasteiger partial charge in [-0.3, -0.25) is 4.79 Å². The van der Waals surface area contributed by atoms with Gasteiger partial charge in [-0.15, -0.1) is 0 Å². The highest BCUT2D eigenvalue weighted by Crippen LogP contribution is 2.20. The second-order valence-corrected chi connectivity index (χ2v) is 4.91. The average molecular weight is 324 g/mol. The van der Waals surface area contributed by atoms with Crippen LogP contribution in [-0.2, 0) is 0 Å². The molecule has 0 spiro atoms. The number of nitrogens with zero attached hydrogens (tertiary/aromatic N) is 2. The molecule has 0 unspecified atom stereocenters. The van der Waals surface area contributed by atoms with E-state index in [1.165, 1.54) is 18.3 Å². The van der Waals surface area contributed by atoms with Crippen LogP contribution in [0.25, 0.3) is 0 Å². The maximum Gasteiger partial charge on any atom is 0.259 e. The molecule has 1 aromatic heterocycles. The van der Waals surface area contributed by atoms with Crippen LogP contribution >= 0.6 is 15.9 Å². The number of amides is 1. The number of aromatic nitrogens is 2. The Labute approximate surface area is 118 Å². The molecule has 0 bridgehead atoms. The molecular formula is C13H11BrFN3O. The van der Waals surface area contributed by atoms with Gasteiger partial charge < -0.3 is 5.32 Å². The molecule has 2 aromatic rings. The number of anilines is 1. The van der Waals surface area contributed by atoms with Gasteiger partial charge >= 0.3 is 0 Å². The zero-order chi connectivity index (χ0) is 14.0. The summed E-state index contributed by atoms with van der Waals surface area (Å²) in [4.78, 5) is 20.1. The Morgan fingerprint density at radius 2 is 2.11 bits per heavy atom. The summed E-state index contributed by atoms with van der Waals surface area (Å²) in [7, 11) is 0. The molecule has 4 nitrogen and oxygen atoms in total. The summed E-state index contributed by atoms with van der Waals surface area (Å²) in [5.74, 6) is -0.351. The first-order valence-corrected chi connectivity index (χ1v) is 6.33. The van der Waals surface area contributed by atoms with E-state index in [1.807, 2.05) is 0 Å². The van der Waals surface area contributed by atoms with Crippen LogP contribution in [0.3, 0.4) is 0 Å². The third-order valence-electron chi connectivity index (χ3n) is 2.52. The average Bonchev–Trinajstić information content (AvgIpc) is 2.32. The SMILES string of the molecule is Cc1ncc(C(=O)Nc2ccc(Br)cc2F)c(C)n1. The summed E-state index contributed by atoms with van der Waals surface area (Å²) in [6.45, 7) is 3.45. The molecule has 1 N–H and O–H groups in total. The Kier molecular flexibility index (Phi) is 3.90. The molecule has 0 saturated heterocycles. The molecule has 98 valence electrons. The maximum absolute atomic E-state index is 13.6. The summed E-state index contributed by atoms with van der Waals surface area (Å²) in [6, 6.07) is 4.42. The van der Waals surface area contributed by atoms with E-state index >= 15 is 0 Å². The number of carbonyl (C=O) groups excluding carboxylic acids is 1. The lowest BCUT2D eigenvalue weighted by Crippen LogP contribution is -2.16. The van der Waals surface area contributed by atoms with E-state index in [9.17, 15) is 9.18 Å². The Balaban J connectivity index is 2.25. The first-order chi connectivity index (χ1) is 8.97. The topological polar surface area (TPSA) is 54.9 Å². The Morgan fingerprint density at radius 1 is 1.37 bits per heavy atom. The van der Waals surface area contributed by atoms with Crippen LogP contribution in [0.2, 0.25) is 0 Å². The second kappa shape index (κ2) is 5.44. The van der Waals surface area contributed by atoms with Gasteiger partial charge in [0.25, 0.3) is 5.91 Å². The Hall–Kier alpha value is -1.82. The fraction of sp³-hybridized carbons (Fsp3) is 0.154. The van der Waals surface area contributed by atoms with Crippen LogP contribution in [0.15, 0.2) is 28.9 Å². The van der Waals surface area contributed by atoms with Crippen LogP contribution in [0.1, 0.15) is 21.9 Å². The minimum absolute atomic E-state index is 0.119. The van der Waals surface area contributed by atoms with E-state index < -0.39 is 11.7 Å². The van der Waals surface area contributed by atoms with E-state index in [0.717, 1.165) is 0 Å². The number of hydrogen-bond donors (Lipinski definition) is 1. The molecule has 0 aliphatic heterocycles. The summed E-state index contributed by atoms with van der Waals surface area (Å²) < 4.78 is 14.2. The highest BCUT2D eigenvalue weighted by molar-refractivity contribution is 9.10. The van der Waals surface area contributed by atoms with Gasteiger partial charge in [-0.25, -0.2) is 14.4 Å². The van der Waals surface area contributed by atoms with Crippen LogP contribution in [0, 0.1) is 19.7 Å². The molecule has 6 heteroatoms. The predicted molar refractivity (Wildman–Crippen MR) is 73.6 cm³/mol. The summed E-state index contributed by atoms with van der Waals surface area (Å²) in [5, 5.41) is 2.50. The van der Waals surface area contributed by atoms with E-state index in [0.29, 0.717) is 21.6 Å². The maximum atomic E-state index is 13.6. The van der Waals surface area contributed by atoms with Gasteiger partial charge in [-0.2, -0.15) is 0 Å². The van der Waals surface area contributed by atoms with E-state index in [4.69, 9.17) is 0 Å². The fourth-order valence-electron chi connectivity index (χ4n) is 1.59. The van der Waals surface area contributed by atoms with E-state index in [2.05, 4.69) is 31.2 Å². The van der Waals surface area contributed by atoms with Crippen LogP contribution in [0.5, 0.6) is 0 Å².